The fourth-order valence-corrected chi connectivity index (χ4v) is 3.37. The van der Waals surface area contributed by atoms with E-state index in [-0.39, 0.29) is 12.0 Å². The number of nitrogens with zero attached hydrogens (tertiary/aromatic N) is 1. The Kier molecular flexibility index (Phi) is 7.81. The van der Waals surface area contributed by atoms with E-state index >= 15 is 0 Å². The number of carbonyl (C=O) groups is 2. The highest BCUT2D eigenvalue weighted by Crippen LogP contribution is 2.34. The Labute approximate surface area is 157 Å². The van der Waals surface area contributed by atoms with Gasteiger partial charge in [0, 0.05) is 30.6 Å². The standard InChI is InChI=1S/C17H22Cl2N2O4/c1-24-17(23)20-7-9-25-15(12-4-2-6-14(18)10-12)13-5-3-8-21(11-13)16(19)22/h2,4,6,10,13,15H,3,5,7-9,11H2,1H3,(H,20,23)/t13?,15-/m0/s1. The number of alkyl carbamates (subject to hydrolysis) is 1. The quantitative estimate of drug-likeness (QED) is 0.456. The minimum absolute atomic E-state index is 0.105. The van der Waals surface area contributed by atoms with Gasteiger partial charge in [-0.05, 0) is 42.1 Å². The lowest BCUT2D eigenvalue weighted by molar-refractivity contribution is -0.00717. The van der Waals surface area contributed by atoms with E-state index in [4.69, 9.17) is 27.9 Å². The molecule has 1 aliphatic heterocycles. The van der Waals surface area contributed by atoms with Crippen LogP contribution in [0.2, 0.25) is 5.02 Å². The summed E-state index contributed by atoms with van der Waals surface area (Å²) in [5.41, 5.74) is 0.944. The normalized spacial score (nSPS) is 18.5. The van der Waals surface area contributed by atoms with Gasteiger partial charge in [0.2, 0.25) is 0 Å². The van der Waals surface area contributed by atoms with Gasteiger partial charge in [-0.25, -0.2) is 4.79 Å². The van der Waals surface area contributed by atoms with E-state index in [1.165, 1.54) is 7.11 Å². The number of benzene rings is 1. The number of ether oxygens (including phenoxy) is 2. The van der Waals surface area contributed by atoms with Gasteiger partial charge in [-0.2, -0.15) is 0 Å². The maximum atomic E-state index is 11.5. The van der Waals surface area contributed by atoms with Gasteiger partial charge in [0.05, 0.1) is 19.8 Å². The highest BCUT2D eigenvalue weighted by Gasteiger charge is 2.30. The Bertz CT molecular complexity index is 600. The van der Waals surface area contributed by atoms with Crippen LogP contribution in [-0.2, 0) is 9.47 Å². The number of halogens is 2. The van der Waals surface area contributed by atoms with Crippen LogP contribution in [-0.4, -0.2) is 49.7 Å². The topological polar surface area (TPSA) is 67.9 Å². The monoisotopic (exact) mass is 388 g/mol. The summed E-state index contributed by atoms with van der Waals surface area (Å²) in [6, 6.07) is 7.48. The van der Waals surface area contributed by atoms with Crippen LogP contribution in [0.4, 0.5) is 9.59 Å². The third kappa shape index (κ3) is 6.06. The molecule has 8 heteroatoms. The van der Waals surface area contributed by atoms with E-state index < -0.39 is 11.5 Å². The summed E-state index contributed by atoms with van der Waals surface area (Å²) in [5, 5.41) is 2.76. The second kappa shape index (κ2) is 9.85. The zero-order chi connectivity index (χ0) is 18.2. The molecule has 0 saturated carbocycles. The third-order valence-electron chi connectivity index (χ3n) is 4.17. The second-order valence-corrected chi connectivity index (χ2v) is 6.63. The van der Waals surface area contributed by atoms with E-state index in [0.717, 1.165) is 18.4 Å². The number of piperidine rings is 1. The number of hydrogen-bond acceptors (Lipinski definition) is 4. The molecule has 138 valence electrons. The first-order chi connectivity index (χ1) is 12.0. The molecule has 1 fully saturated rings. The molecule has 0 bridgehead atoms. The number of methoxy groups -OCH3 is 1. The molecule has 0 aromatic heterocycles. The van der Waals surface area contributed by atoms with Crippen molar-refractivity contribution in [1.82, 2.24) is 10.2 Å². The van der Waals surface area contributed by atoms with Gasteiger partial charge in [-0.1, -0.05) is 23.7 Å². The van der Waals surface area contributed by atoms with Gasteiger partial charge in [0.1, 0.15) is 0 Å². The van der Waals surface area contributed by atoms with Gasteiger partial charge < -0.3 is 19.7 Å². The Morgan fingerprint density at radius 2 is 2.24 bits per heavy atom. The maximum absolute atomic E-state index is 11.5. The molecule has 0 aliphatic carbocycles. The van der Waals surface area contributed by atoms with E-state index in [1.54, 1.807) is 11.0 Å². The molecule has 1 unspecified atom stereocenters. The van der Waals surface area contributed by atoms with Crippen LogP contribution in [0.1, 0.15) is 24.5 Å². The van der Waals surface area contributed by atoms with E-state index in [1.807, 2.05) is 18.2 Å². The molecule has 1 heterocycles. The van der Waals surface area contributed by atoms with Gasteiger partial charge >= 0.3 is 11.5 Å². The van der Waals surface area contributed by atoms with Crippen molar-refractivity contribution >= 4 is 34.7 Å². The number of carbonyl (C=O) groups excluding carboxylic acids is 2. The van der Waals surface area contributed by atoms with Crippen LogP contribution in [0.25, 0.3) is 0 Å². The van der Waals surface area contributed by atoms with E-state index in [9.17, 15) is 9.59 Å². The van der Waals surface area contributed by atoms with Crippen molar-refractivity contribution < 1.29 is 19.1 Å². The predicted molar refractivity (Wildman–Crippen MR) is 96.1 cm³/mol. The van der Waals surface area contributed by atoms with Crippen molar-refractivity contribution in [3.05, 3.63) is 34.9 Å². The lowest BCUT2D eigenvalue weighted by atomic mass is 9.88. The number of amides is 2. The molecule has 1 aromatic rings. The van der Waals surface area contributed by atoms with Crippen molar-refractivity contribution in [3.8, 4) is 0 Å². The summed E-state index contributed by atoms with van der Waals surface area (Å²) in [5.74, 6) is 0.105. The molecule has 0 radical (unpaired) electrons. The van der Waals surface area contributed by atoms with Gasteiger partial charge in [-0.3, -0.25) is 4.79 Å². The molecule has 0 spiro atoms. The molecular formula is C17H22Cl2N2O4. The summed E-state index contributed by atoms with van der Waals surface area (Å²) < 4.78 is 10.6. The number of likely N-dealkylation sites (tertiary alicyclic amines) is 1. The fraction of sp³-hybridized carbons (Fsp3) is 0.529. The Balaban J connectivity index is 2.06. The van der Waals surface area contributed by atoms with Crippen LogP contribution in [0.15, 0.2) is 24.3 Å². The van der Waals surface area contributed by atoms with Gasteiger partial charge in [-0.15, -0.1) is 0 Å². The van der Waals surface area contributed by atoms with Crippen molar-refractivity contribution in [2.45, 2.75) is 18.9 Å². The maximum Gasteiger partial charge on any atom is 0.406 e. The molecule has 6 nitrogen and oxygen atoms in total. The summed E-state index contributed by atoms with van der Waals surface area (Å²) in [7, 11) is 1.31. The van der Waals surface area contributed by atoms with Crippen molar-refractivity contribution in [1.29, 1.82) is 0 Å². The number of nitrogens with one attached hydrogen (secondary N) is 1. The molecule has 2 atom stereocenters. The lowest BCUT2D eigenvalue weighted by Crippen LogP contribution is -2.40. The summed E-state index contributed by atoms with van der Waals surface area (Å²) in [4.78, 5) is 24.2. The first kappa shape index (κ1) is 19.8. The zero-order valence-corrected chi connectivity index (χ0v) is 15.6. The predicted octanol–water partition coefficient (Wildman–Crippen LogP) is 3.82. The average molecular weight is 389 g/mol. The number of hydrogen-bond donors (Lipinski definition) is 1. The third-order valence-corrected chi connectivity index (χ3v) is 4.64. The molecular weight excluding hydrogens is 367 g/mol. The summed E-state index contributed by atoms with van der Waals surface area (Å²) >= 11 is 11.8. The first-order valence-electron chi connectivity index (χ1n) is 8.14. The van der Waals surface area contributed by atoms with Crippen LogP contribution in [0, 0.1) is 5.92 Å². The van der Waals surface area contributed by atoms with E-state index in [2.05, 4.69) is 10.1 Å². The van der Waals surface area contributed by atoms with Crippen molar-refractivity contribution in [2.75, 3.05) is 33.4 Å². The fourth-order valence-electron chi connectivity index (χ4n) is 3.02. The molecule has 1 aromatic carbocycles. The SMILES string of the molecule is COC(=O)NCCO[C@@H](c1cccc(Cl)c1)C1CCCN(C(=O)Cl)C1. The molecule has 2 amide bonds. The smallest absolute Gasteiger partial charge is 0.406 e. The Morgan fingerprint density at radius 1 is 1.44 bits per heavy atom. The Hall–Kier alpha value is -1.50. The number of rotatable bonds is 6. The van der Waals surface area contributed by atoms with Crippen LogP contribution < -0.4 is 5.32 Å². The minimum Gasteiger partial charge on any atom is -0.453 e. The summed E-state index contributed by atoms with van der Waals surface area (Å²) in [6.07, 6.45) is 1.04. The molecule has 2 rings (SSSR count). The first-order valence-corrected chi connectivity index (χ1v) is 8.90. The second-order valence-electron chi connectivity index (χ2n) is 5.87. The van der Waals surface area contributed by atoms with Crippen molar-refractivity contribution in [2.24, 2.45) is 5.92 Å². The largest absolute Gasteiger partial charge is 0.453 e. The van der Waals surface area contributed by atoms with Crippen LogP contribution >= 0.6 is 23.2 Å². The Morgan fingerprint density at radius 3 is 2.92 bits per heavy atom. The minimum atomic E-state index is -0.500. The average Bonchev–Trinajstić information content (AvgIpc) is 2.61. The van der Waals surface area contributed by atoms with Crippen molar-refractivity contribution in [3.63, 3.8) is 0 Å². The molecule has 1 N–H and O–H groups in total. The van der Waals surface area contributed by atoms with Crippen LogP contribution in [0.3, 0.4) is 0 Å². The van der Waals surface area contributed by atoms with Gasteiger partial charge in [0.15, 0.2) is 0 Å². The summed E-state index contributed by atoms with van der Waals surface area (Å²) in [6.45, 7) is 1.83. The van der Waals surface area contributed by atoms with Crippen LogP contribution in [0.5, 0.6) is 0 Å². The molecule has 25 heavy (non-hydrogen) atoms. The lowest BCUT2D eigenvalue weighted by Gasteiger charge is -2.36. The molecule has 1 aliphatic rings. The van der Waals surface area contributed by atoms with Gasteiger partial charge in [0.25, 0.3) is 0 Å². The zero-order valence-electron chi connectivity index (χ0n) is 14.0. The molecule has 1 saturated heterocycles. The van der Waals surface area contributed by atoms with E-state index in [0.29, 0.717) is 31.3 Å². The highest BCUT2D eigenvalue weighted by molar-refractivity contribution is 6.62. The highest BCUT2D eigenvalue weighted by atomic mass is 35.5.